The number of aromatic nitrogens is 2. The van der Waals surface area contributed by atoms with Gasteiger partial charge in [0.2, 0.25) is 5.95 Å². The lowest BCUT2D eigenvalue weighted by Crippen LogP contribution is -2.29. The topological polar surface area (TPSA) is 56.1 Å². The Hall–Kier alpha value is -3.22. The third kappa shape index (κ3) is 2.85. The number of hydrogen-bond donors (Lipinski definition) is 1. The summed E-state index contributed by atoms with van der Waals surface area (Å²) in [4.78, 5) is 17.2. The second kappa shape index (κ2) is 6.50. The highest BCUT2D eigenvalue weighted by molar-refractivity contribution is 5.94. The van der Waals surface area contributed by atoms with Gasteiger partial charge in [0, 0.05) is 11.8 Å². The van der Waals surface area contributed by atoms with Gasteiger partial charge in [-0.15, -0.1) is 0 Å². The summed E-state index contributed by atoms with van der Waals surface area (Å²) in [5.74, 6) is -1.47. The van der Waals surface area contributed by atoms with Crippen LogP contribution in [-0.2, 0) is 9.53 Å². The minimum absolute atomic E-state index is 0.192. The summed E-state index contributed by atoms with van der Waals surface area (Å²) >= 11 is 0. The Kier molecular flexibility index (Phi) is 4.14. The molecule has 1 aromatic heterocycles. The van der Waals surface area contributed by atoms with E-state index in [2.05, 4.69) is 10.3 Å². The third-order valence-electron chi connectivity index (χ3n) is 4.53. The summed E-state index contributed by atoms with van der Waals surface area (Å²) in [5.41, 5.74) is 2.58. The van der Waals surface area contributed by atoms with E-state index in [9.17, 15) is 13.6 Å². The molecule has 1 aliphatic heterocycles. The zero-order chi connectivity index (χ0) is 19.1. The molecular weight excluding hydrogens is 352 g/mol. The fourth-order valence-electron chi connectivity index (χ4n) is 3.49. The van der Waals surface area contributed by atoms with Crippen molar-refractivity contribution in [2.75, 3.05) is 11.9 Å². The molecule has 0 fully saturated rings. The summed E-state index contributed by atoms with van der Waals surface area (Å²) in [7, 11) is 0. The van der Waals surface area contributed by atoms with Gasteiger partial charge in [-0.2, -0.15) is 0 Å². The number of imidazole rings is 1. The Balaban J connectivity index is 2.01. The van der Waals surface area contributed by atoms with Crippen LogP contribution in [0.1, 0.15) is 25.5 Å². The molecule has 3 aromatic rings. The van der Waals surface area contributed by atoms with Crippen LogP contribution in [0.2, 0.25) is 0 Å². The van der Waals surface area contributed by atoms with Crippen LogP contribution in [0.5, 0.6) is 0 Å². The van der Waals surface area contributed by atoms with E-state index in [0.717, 1.165) is 11.6 Å². The first kappa shape index (κ1) is 17.2. The zero-order valence-corrected chi connectivity index (χ0v) is 14.8. The molecule has 0 unspecified atom stereocenters. The van der Waals surface area contributed by atoms with Crippen LogP contribution in [0.15, 0.2) is 53.7 Å². The van der Waals surface area contributed by atoms with Crippen molar-refractivity contribution in [1.29, 1.82) is 0 Å². The van der Waals surface area contributed by atoms with E-state index >= 15 is 0 Å². The molecular formula is C20H17F2N3O2. The first-order chi connectivity index (χ1) is 13.0. The van der Waals surface area contributed by atoms with Gasteiger partial charge in [0.05, 0.1) is 29.3 Å². The first-order valence-corrected chi connectivity index (χ1v) is 8.57. The van der Waals surface area contributed by atoms with E-state index in [-0.39, 0.29) is 12.2 Å². The lowest BCUT2D eigenvalue weighted by Gasteiger charge is -2.30. The average Bonchev–Trinajstić information content (AvgIpc) is 2.97. The molecule has 1 N–H and O–H groups in total. The summed E-state index contributed by atoms with van der Waals surface area (Å²) in [6.07, 6.45) is 0. The Morgan fingerprint density at radius 2 is 1.93 bits per heavy atom. The van der Waals surface area contributed by atoms with Crippen LogP contribution in [0.3, 0.4) is 0 Å². The maximum atomic E-state index is 14.0. The molecule has 4 rings (SSSR count). The highest BCUT2D eigenvalue weighted by Gasteiger charge is 2.35. The van der Waals surface area contributed by atoms with Gasteiger partial charge in [-0.25, -0.2) is 18.6 Å². The van der Waals surface area contributed by atoms with E-state index in [1.54, 1.807) is 18.4 Å². The van der Waals surface area contributed by atoms with Gasteiger partial charge >= 0.3 is 5.97 Å². The second-order valence-electron chi connectivity index (χ2n) is 6.28. The van der Waals surface area contributed by atoms with Crippen LogP contribution >= 0.6 is 0 Å². The molecule has 5 nitrogen and oxygen atoms in total. The number of hydrogen-bond acceptors (Lipinski definition) is 4. The molecule has 7 heteroatoms. The molecule has 0 bridgehead atoms. The molecule has 0 saturated heterocycles. The number of para-hydroxylation sites is 2. The molecule has 1 atom stereocenters. The minimum atomic E-state index is -0.766. The van der Waals surface area contributed by atoms with Gasteiger partial charge in [0.15, 0.2) is 0 Å². The number of nitrogens with zero attached hydrogens (tertiary/aromatic N) is 2. The van der Waals surface area contributed by atoms with Gasteiger partial charge in [0.25, 0.3) is 0 Å². The number of fused-ring (bicyclic) bond motifs is 3. The standard InChI is InChI=1S/C20H17F2N3O2/c1-3-27-19(26)17-11(2)23-20-24-15-6-4-5-7-16(15)25(20)18(17)12-8-13(21)10-14(22)9-12/h4-10,18H,3H2,1-2H3,(H,23,24)/t18-/m1/s1. The number of anilines is 1. The number of rotatable bonds is 3. The quantitative estimate of drug-likeness (QED) is 0.704. The van der Waals surface area contributed by atoms with E-state index in [4.69, 9.17) is 4.74 Å². The number of ether oxygens (including phenoxy) is 1. The molecule has 0 aliphatic carbocycles. The SMILES string of the molecule is CCOC(=O)C1=C(C)Nc2nc3ccccc3n2[C@@H]1c1cc(F)cc(F)c1. The van der Waals surface area contributed by atoms with E-state index < -0.39 is 23.6 Å². The molecule has 2 aromatic carbocycles. The number of benzene rings is 2. The Labute approximate surface area is 154 Å². The van der Waals surface area contributed by atoms with Crippen molar-refractivity contribution in [1.82, 2.24) is 9.55 Å². The number of halogens is 2. The molecule has 1 aliphatic rings. The van der Waals surface area contributed by atoms with Gasteiger partial charge in [-0.05, 0) is 43.7 Å². The summed E-state index contributed by atoms with van der Waals surface area (Å²) in [6, 6.07) is 9.87. The van der Waals surface area contributed by atoms with Crippen molar-refractivity contribution < 1.29 is 18.3 Å². The largest absolute Gasteiger partial charge is 0.463 e. The highest BCUT2D eigenvalue weighted by atomic mass is 19.1. The summed E-state index contributed by atoms with van der Waals surface area (Å²) in [6.45, 7) is 3.62. The van der Waals surface area contributed by atoms with Crippen LogP contribution in [0.4, 0.5) is 14.7 Å². The lowest BCUT2D eigenvalue weighted by atomic mass is 9.95. The predicted octanol–water partition coefficient (Wildman–Crippen LogP) is 4.17. The van der Waals surface area contributed by atoms with Gasteiger partial charge in [0.1, 0.15) is 11.6 Å². The Morgan fingerprint density at radius 3 is 2.63 bits per heavy atom. The van der Waals surface area contributed by atoms with Crippen molar-refractivity contribution in [2.45, 2.75) is 19.9 Å². The molecule has 138 valence electrons. The number of carbonyl (C=O) groups excluding carboxylic acids is 1. The van der Waals surface area contributed by atoms with Gasteiger partial charge < -0.3 is 10.1 Å². The molecule has 0 spiro atoms. The molecule has 0 amide bonds. The molecule has 27 heavy (non-hydrogen) atoms. The van der Waals surface area contributed by atoms with Gasteiger partial charge in [-0.1, -0.05) is 12.1 Å². The van der Waals surface area contributed by atoms with Gasteiger partial charge in [-0.3, -0.25) is 4.57 Å². The molecule has 2 heterocycles. The fourth-order valence-corrected chi connectivity index (χ4v) is 3.49. The van der Waals surface area contributed by atoms with Crippen molar-refractivity contribution in [3.63, 3.8) is 0 Å². The average molecular weight is 369 g/mol. The van der Waals surface area contributed by atoms with E-state index in [0.29, 0.717) is 22.7 Å². The van der Waals surface area contributed by atoms with Crippen molar-refractivity contribution in [3.05, 3.63) is 70.9 Å². The van der Waals surface area contributed by atoms with Crippen LogP contribution < -0.4 is 5.32 Å². The van der Waals surface area contributed by atoms with E-state index in [1.807, 2.05) is 24.3 Å². The smallest absolute Gasteiger partial charge is 0.338 e. The normalized spacial score (nSPS) is 16.2. The fraction of sp³-hybridized carbons (Fsp3) is 0.200. The predicted molar refractivity (Wildman–Crippen MR) is 97.2 cm³/mol. The van der Waals surface area contributed by atoms with Crippen LogP contribution in [0, 0.1) is 11.6 Å². The van der Waals surface area contributed by atoms with Crippen LogP contribution in [-0.4, -0.2) is 22.1 Å². The molecule has 0 saturated carbocycles. The summed E-state index contributed by atoms with van der Waals surface area (Å²) in [5, 5.41) is 3.11. The van der Waals surface area contributed by atoms with Crippen molar-refractivity contribution >= 4 is 23.0 Å². The lowest BCUT2D eigenvalue weighted by molar-refractivity contribution is -0.139. The maximum Gasteiger partial charge on any atom is 0.338 e. The molecule has 0 radical (unpaired) electrons. The zero-order valence-electron chi connectivity index (χ0n) is 14.8. The Morgan fingerprint density at radius 1 is 1.22 bits per heavy atom. The van der Waals surface area contributed by atoms with Crippen molar-refractivity contribution in [3.8, 4) is 0 Å². The third-order valence-corrected chi connectivity index (χ3v) is 4.53. The second-order valence-corrected chi connectivity index (χ2v) is 6.28. The highest BCUT2D eigenvalue weighted by Crippen LogP contribution is 2.39. The monoisotopic (exact) mass is 369 g/mol. The maximum absolute atomic E-state index is 14.0. The number of allylic oxidation sites excluding steroid dienone is 1. The first-order valence-electron chi connectivity index (χ1n) is 8.57. The number of carbonyl (C=O) groups is 1. The number of esters is 1. The minimum Gasteiger partial charge on any atom is -0.463 e. The van der Waals surface area contributed by atoms with Crippen molar-refractivity contribution in [2.24, 2.45) is 0 Å². The Bertz CT molecular complexity index is 1070. The number of nitrogens with one attached hydrogen (secondary N) is 1. The van der Waals surface area contributed by atoms with E-state index in [1.165, 1.54) is 12.1 Å². The van der Waals surface area contributed by atoms with Crippen LogP contribution in [0.25, 0.3) is 11.0 Å². The summed E-state index contributed by atoms with van der Waals surface area (Å²) < 4.78 is 34.9.